The molecule has 1 saturated heterocycles. The van der Waals surface area contributed by atoms with E-state index in [9.17, 15) is 0 Å². The van der Waals surface area contributed by atoms with Crippen molar-refractivity contribution in [2.24, 2.45) is 4.99 Å². The van der Waals surface area contributed by atoms with Crippen LogP contribution < -0.4 is 9.64 Å². The fraction of sp³-hybridized carbons (Fsp3) is 0.316. The molecular formula is C19H22N2O. The van der Waals surface area contributed by atoms with Gasteiger partial charge in [0.1, 0.15) is 11.4 Å². The van der Waals surface area contributed by atoms with E-state index in [0.717, 1.165) is 17.0 Å². The van der Waals surface area contributed by atoms with Crippen LogP contribution in [-0.2, 0) is 0 Å². The van der Waals surface area contributed by atoms with E-state index in [2.05, 4.69) is 34.2 Å². The summed E-state index contributed by atoms with van der Waals surface area (Å²) in [5.74, 6) is 0.795. The van der Waals surface area contributed by atoms with Gasteiger partial charge in [0.15, 0.2) is 0 Å². The first-order chi connectivity index (χ1) is 10.9. The average Bonchev–Trinajstić information content (AvgIpc) is 2.61. The Labute approximate surface area is 132 Å². The van der Waals surface area contributed by atoms with Crippen molar-refractivity contribution in [3.63, 3.8) is 0 Å². The zero-order valence-electron chi connectivity index (χ0n) is 13.0. The van der Waals surface area contributed by atoms with Crippen molar-refractivity contribution in [3.8, 4) is 5.75 Å². The van der Waals surface area contributed by atoms with Crippen molar-refractivity contribution in [1.82, 2.24) is 0 Å². The summed E-state index contributed by atoms with van der Waals surface area (Å²) in [6.07, 6.45) is 5.85. The summed E-state index contributed by atoms with van der Waals surface area (Å²) in [6, 6.07) is 16.4. The molecule has 0 spiro atoms. The number of para-hydroxylation sites is 2. The topological polar surface area (TPSA) is 24.8 Å². The summed E-state index contributed by atoms with van der Waals surface area (Å²) in [7, 11) is 1.67. The second kappa shape index (κ2) is 7.12. The highest BCUT2D eigenvalue weighted by molar-refractivity contribution is 5.83. The van der Waals surface area contributed by atoms with Crippen LogP contribution in [0.5, 0.6) is 5.75 Å². The minimum atomic E-state index is 0.795. The van der Waals surface area contributed by atoms with Gasteiger partial charge in [0, 0.05) is 25.0 Å². The van der Waals surface area contributed by atoms with E-state index in [0.29, 0.717) is 0 Å². The third kappa shape index (κ3) is 3.48. The summed E-state index contributed by atoms with van der Waals surface area (Å²) in [5.41, 5.74) is 3.27. The van der Waals surface area contributed by atoms with Crippen LogP contribution in [-0.4, -0.2) is 26.4 Å². The predicted octanol–water partition coefficient (Wildman–Crippen LogP) is 4.44. The van der Waals surface area contributed by atoms with Gasteiger partial charge < -0.3 is 9.64 Å². The number of ether oxygens (including phenoxy) is 1. The fourth-order valence-electron chi connectivity index (χ4n) is 2.80. The highest BCUT2D eigenvalue weighted by atomic mass is 16.5. The molecule has 0 saturated carbocycles. The molecule has 0 aliphatic carbocycles. The number of anilines is 1. The van der Waals surface area contributed by atoms with Crippen LogP contribution in [0.4, 0.5) is 11.4 Å². The van der Waals surface area contributed by atoms with E-state index in [1.54, 1.807) is 7.11 Å². The van der Waals surface area contributed by atoms with Crippen molar-refractivity contribution >= 4 is 17.6 Å². The van der Waals surface area contributed by atoms with Gasteiger partial charge in [-0.15, -0.1) is 0 Å². The largest absolute Gasteiger partial charge is 0.494 e. The zero-order chi connectivity index (χ0) is 15.2. The van der Waals surface area contributed by atoms with Crippen molar-refractivity contribution < 1.29 is 4.74 Å². The number of piperidine rings is 1. The lowest BCUT2D eigenvalue weighted by Gasteiger charge is -2.28. The van der Waals surface area contributed by atoms with Crippen molar-refractivity contribution in [3.05, 3.63) is 54.1 Å². The number of benzene rings is 2. The summed E-state index contributed by atoms with van der Waals surface area (Å²) < 4.78 is 5.31. The highest BCUT2D eigenvalue weighted by Crippen LogP contribution is 2.26. The van der Waals surface area contributed by atoms with Gasteiger partial charge in [0.2, 0.25) is 0 Å². The standard InChI is InChI=1S/C19H22N2O/c1-22-19-8-4-3-7-18(19)20-15-16-9-11-17(12-10-16)21-13-5-2-6-14-21/h3-4,7-12,15H,2,5-6,13-14H2,1H3. The lowest BCUT2D eigenvalue weighted by atomic mass is 10.1. The van der Waals surface area contributed by atoms with Gasteiger partial charge in [0.25, 0.3) is 0 Å². The Morgan fingerprint density at radius 2 is 1.68 bits per heavy atom. The maximum absolute atomic E-state index is 5.31. The zero-order valence-corrected chi connectivity index (χ0v) is 13.0. The highest BCUT2D eigenvalue weighted by Gasteiger charge is 2.10. The van der Waals surface area contributed by atoms with Crippen LogP contribution in [0.25, 0.3) is 0 Å². The number of hydrogen-bond donors (Lipinski definition) is 0. The lowest BCUT2D eigenvalue weighted by molar-refractivity contribution is 0.416. The molecular weight excluding hydrogens is 272 g/mol. The second-order valence-corrected chi connectivity index (χ2v) is 5.57. The first-order valence-electron chi connectivity index (χ1n) is 7.89. The van der Waals surface area contributed by atoms with E-state index in [1.165, 1.54) is 38.0 Å². The van der Waals surface area contributed by atoms with Crippen LogP contribution >= 0.6 is 0 Å². The second-order valence-electron chi connectivity index (χ2n) is 5.57. The summed E-state index contributed by atoms with van der Waals surface area (Å²) in [4.78, 5) is 6.99. The fourth-order valence-corrected chi connectivity index (χ4v) is 2.80. The van der Waals surface area contributed by atoms with E-state index < -0.39 is 0 Å². The Morgan fingerprint density at radius 1 is 0.955 bits per heavy atom. The van der Waals surface area contributed by atoms with Crippen molar-refractivity contribution in [1.29, 1.82) is 0 Å². The van der Waals surface area contributed by atoms with E-state index >= 15 is 0 Å². The van der Waals surface area contributed by atoms with Crippen LogP contribution in [0.2, 0.25) is 0 Å². The first kappa shape index (κ1) is 14.6. The molecule has 2 aromatic carbocycles. The Morgan fingerprint density at radius 3 is 2.41 bits per heavy atom. The number of aliphatic imine (C=N–C) groups is 1. The van der Waals surface area contributed by atoms with E-state index in [1.807, 2.05) is 30.5 Å². The normalized spacial score (nSPS) is 15.2. The Bertz CT molecular complexity index is 628. The number of methoxy groups -OCH3 is 1. The molecule has 0 amide bonds. The van der Waals surface area contributed by atoms with Gasteiger partial charge in [-0.05, 0) is 49.1 Å². The molecule has 3 nitrogen and oxygen atoms in total. The molecule has 0 atom stereocenters. The molecule has 0 N–H and O–H groups in total. The lowest BCUT2D eigenvalue weighted by Crippen LogP contribution is -2.29. The number of rotatable bonds is 4. The summed E-state index contributed by atoms with van der Waals surface area (Å²) in [5, 5.41) is 0. The quantitative estimate of drug-likeness (QED) is 0.779. The molecule has 0 aromatic heterocycles. The van der Waals surface area contributed by atoms with Crippen molar-refractivity contribution in [2.75, 3.05) is 25.1 Å². The van der Waals surface area contributed by atoms with Crippen LogP contribution in [0.3, 0.4) is 0 Å². The van der Waals surface area contributed by atoms with Gasteiger partial charge in [0.05, 0.1) is 7.11 Å². The van der Waals surface area contributed by atoms with E-state index in [4.69, 9.17) is 4.74 Å². The minimum Gasteiger partial charge on any atom is -0.494 e. The molecule has 1 aliphatic heterocycles. The van der Waals surface area contributed by atoms with Crippen LogP contribution in [0.1, 0.15) is 24.8 Å². The number of hydrogen-bond acceptors (Lipinski definition) is 3. The maximum Gasteiger partial charge on any atom is 0.144 e. The smallest absolute Gasteiger partial charge is 0.144 e. The Balaban J connectivity index is 1.71. The third-order valence-electron chi connectivity index (χ3n) is 4.05. The molecule has 22 heavy (non-hydrogen) atoms. The third-order valence-corrected chi connectivity index (χ3v) is 4.05. The van der Waals surface area contributed by atoms with E-state index in [-0.39, 0.29) is 0 Å². The van der Waals surface area contributed by atoms with Crippen molar-refractivity contribution in [2.45, 2.75) is 19.3 Å². The monoisotopic (exact) mass is 294 g/mol. The molecule has 0 bridgehead atoms. The molecule has 3 rings (SSSR count). The van der Waals surface area contributed by atoms with Gasteiger partial charge in [-0.1, -0.05) is 24.3 Å². The average molecular weight is 294 g/mol. The Hall–Kier alpha value is -2.29. The summed E-state index contributed by atoms with van der Waals surface area (Å²) in [6.45, 7) is 2.35. The van der Waals surface area contributed by atoms with Crippen LogP contribution in [0.15, 0.2) is 53.5 Å². The molecule has 3 heteroatoms. The maximum atomic E-state index is 5.31. The molecule has 1 fully saturated rings. The first-order valence-corrected chi connectivity index (χ1v) is 7.89. The van der Waals surface area contributed by atoms with Gasteiger partial charge in [-0.2, -0.15) is 0 Å². The van der Waals surface area contributed by atoms with Gasteiger partial charge in [-0.3, -0.25) is 4.99 Å². The molecule has 0 unspecified atom stereocenters. The molecule has 0 radical (unpaired) electrons. The summed E-state index contributed by atoms with van der Waals surface area (Å²) >= 11 is 0. The SMILES string of the molecule is COc1ccccc1N=Cc1ccc(N2CCCCC2)cc1. The van der Waals surface area contributed by atoms with Gasteiger partial charge >= 0.3 is 0 Å². The minimum absolute atomic E-state index is 0.795. The molecule has 1 aliphatic rings. The number of nitrogens with zero attached hydrogens (tertiary/aromatic N) is 2. The van der Waals surface area contributed by atoms with Gasteiger partial charge in [-0.25, -0.2) is 0 Å². The molecule has 1 heterocycles. The van der Waals surface area contributed by atoms with Crippen LogP contribution in [0, 0.1) is 0 Å². The Kier molecular flexibility index (Phi) is 4.74. The molecule has 2 aromatic rings. The predicted molar refractivity (Wildman–Crippen MR) is 92.8 cm³/mol. The molecule has 114 valence electrons.